The van der Waals surface area contributed by atoms with Gasteiger partial charge in [0, 0.05) is 25.2 Å². The van der Waals surface area contributed by atoms with Gasteiger partial charge >= 0.3 is 0 Å². The minimum absolute atomic E-state index is 0.201. The first-order valence-electron chi connectivity index (χ1n) is 10.5. The molecule has 150 valence electrons. The summed E-state index contributed by atoms with van der Waals surface area (Å²) in [7, 11) is 0. The number of piperidine rings is 1. The standard InChI is InChI=1S/C25H24N4O/c30-24(18-19-9-11-21(12-10-19)20-6-2-1-3-7-20)28-16-13-22(14-17-28)25-27-26-23-8-4-5-15-29(23)25/h1-12,15,22H,13-14,16-18H2. The Hall–Kier alpha value is -3.47. The molecule has 3 heterocycles. The van der Waals surface area contributed by atoms with Crippen LogP contribution in [0.5, 0.6) is 0 Å². The third-order valence-electron chi connectivity index (χ3n) is 5.97. The van der Waals surface area contributed by atoms with Gasteiger partial charge < -0.3 is 4.90 Å². The lowest BCUT2D eigenvalue weighted by Crippen LogP contribution is -2.39. The van der Waals surface area contributed by atoms with Crippen LogP contribution in [0.15, 0.2) is 79.0 Å². The maximum absolute atomic E-state index is 12.8. The Morgan fingerprint density at radius 3 is 2.30 bits per heavy atom. The van der Waals surface area contributed by atoms with E-state index in [1.54, 1.807) is 0 Å². The molecule has 0 N–H and O–H groups in total. The molecule has 1 saturated heterocycles. The van der Waals surface area contributed by atoms with Crippen LogP contribution in [0.4, 0.5) is 0 Å². The normalized spacial score (nSPS) is 14.9. The van der Waals surface area contributed by atoms with Crippen LogP contribution in [0.2, 0.25) is 0 Å². The highest BCUT2D eigenvalue weighted by atomic mass is 16.2. The molecule has 1 fully saturated rings. The quantitative estimate of drug-likeness (QED) is 0.515. The molecule has 1 aliphatic heterocycles. The SMILES string of the molecule is O=C(Cc1ccc(-c2ccccc2)cc1)N1CCC(c2nnc3ccccn23)CC1. The molecule has 5 heteroatoms. The largest absolute Gasteiger partial charge is 0.342 e. The van der Waals surface area contributed by atoms with E-state index in [-0.39, 0.29) is 5.91 Å². The van der Waals surface area contributed by atoms with E-state index in [0.717, 1.165) is 43.0 Å². The predicted octanol–water partition coefficient (Wildman–Crippen LogP) is 4.35. The lowest BCUT2D eigenvalue weighted by Gasteiger charge is -2.31. The van der Waals surface area contributed by atoms with Crippen LogP contribution < -0.4 is 0 Å². The van der Waals surface area contributed by atoms with E-state index >= 15 is 0 Å². The van der Waals surface area contributed by atoms with Gasteiger partial charge in [0.15, 0.2) is 5.65 Å². The average molecular weight is 396 g/mol. The van der Waals surface area contributed by atoms with E-state index in [4.69, 9.17) is 0 Å². The molecule has 0 bridgehead atoms. The lowest BCUT2D eigenvalue weighted by atomic mass is 9.95. The zero-order valence-corrected chi connectivity index (χ0v) is 16.8. The molecule has 5 rings (SSSR count). The van der Waals surface area contributed by atoms with Crippen molar-refractivity contribution in [3.8, 4) is 11.1 Å². The number of benzene rings is 2. The summed E-state index contributed by atoms with van der Waals surface area (Å²) < 4.78 is 2.07. The summed E-state index contributed by atoms with van der Waals surface area (Å²) in [4.78, 5) is 14.8. The first kappa shape index (κ1) is 18.6. The van der Waals surface area contributed by atoms with Crippen LogP contribution in [-0.4, -0.2) is 38.5 Å². The molecule has 0 spiro atoms. The van der Waals surface area contributed by atoms with Crippen molar-refractivity contribution in [3.63, 3.8) is 0 Å². The number of carbonyl (C=O) groups excluding carboxylic acids is 1. The summed E-state index contributed by atoms with van der Waals surface area (Å²) in [6.07, 6.45) is 4.32. The molecule has 0 aliphatic carbocycles. The van der Waals surface area contributed by atoms with Crippen LogP contribution in [0.1, 0.15) is 30.1 Å². The summed E-state index contributed by atoms with van der Waals surface area (Å²) >= 11 is 0. The number of aromatic nitrogens is 3. The highest BCUT2D eigenvalue weighted by Gasteiger charge is 2.26. The Kier molecular flexibility index (Phi) is 5.01. The number of amides is 1. The van der Waals surface area contributed by atoms with Crippen molar-refractivity contribution in [1.29, 1.82) is 0 Å². The molecular weight excluding hydrogens is 372 g/mol. The van der Waals surface area contributed by atoms with Gasteiger partial charge in [-0.25, -0.2) is 0 Å². The Morgan fingerprint density at radius 1 is 0.833 bits per heavy atom. The third-order valence-corrected chi connectivity index (χ3v) is 5.97. The highest BCUT2D eigenvalue weighted by Crippen LogP contribution is 2.27. The van der Waals surface area contributed by atoms with Gasteiger partial charge in [0.1, 0.15) is 5.82 Å². The molecule has 2 aromatic carbocycles. The molecule has 5 nitrogen and oxygen atoms in total. The number of rotatable bonds is 4. The van der Waals surface area contributed by atoms with E-state index in [1.807, 2.05) is 47.5 Å². The molecule has 30 heavy (non-hydrogen) atoms. The second-order valence-electron chi connectivity index (χ2n) is 7.88. The lowest BCUT2D eigenvalue weighted by molar-refractivity contribution is -0.131. The van der Waals surface area contributed by atoms with E-state index in [9.17, 15) is 4.79 Å². The van der Waals surface area contributed by atoms with Gasteiger partial charge in [0.2, 0.25) is 5.91 Å². The number of hydrogen-bond acceptors (Lipinski definition) is 3. The summed E-state index contributed by atoms with van der Waals surface area (Å²) in [5, 5.41) is 8.66. The van der Waals surface area contributed by atoms with Crippen LogP contribution >= 0.6 is 0 Å². The summed E-state index contributed by atoms with van der Waals surface area (Å²) in [6.45, 7) is 1.54. The van der Waals surface area contributed by atoms with Crippen LogP contribution in [0.3, 0.4) is 0 Å². The Balaban J connectivity index is 1.20. The second-order valence-corrected chi connectivity index (χ2v) is 7.88. The first-order chi connectivity index (χ1) is 14.8. The van der Waals surface area contributed by atoms with Gasteiger partial charge in [-0.05, 0) is 41.7 Å². The summed E-state index contributed by atoms with van der Waals surface area (Å²) in [6, 6.07) is 24.6. The van der Waals surface area contributed by atoms with Crippen molar-refractivity contribution < 1.29 is 4.79 Å². The summed E-state index contributed by atoms with van der Waals surface area (Å²) in [5.74, 6) is 1.55. The fraction of sp³-hybridized carbons (Fsp3) is 0.240. The molecule has 2 aromatic heterocycles. The third kappa shape index (κ3) is 3.71. The molecular formula is C25H24N4O. The monoisotopic (exact) mass is 396 g/mol. The van der Waals surface area contributed by atoms with Gasteiger partial charge in [0.25, 0.3) is 0 Å². The van der Waals surface area contributed by atoms with Crippen molar-refractivity contribution in [2.75, 3.05) is 13.1 Å². The maximum atomic E-state index is 12.8. The average Bonchev–Trinajstić information content (AvgIpc) is 3.24. The first-order valence-corrected chi connectivity index (χ1v) is 10.5. The van der Waals surface area contributed by atoms with E-state index in [1.165, 1.54) is 11.1 Å². The molecule has 0 radical (unpaired) electrons. The number of nitrogens with zero attached hydrogens (tertiary/aromatic N) is 4. The topological polar surface area (TPSA) is 50.5 Å². The maximum Gasteiger partial charge on any atom is 0.226 e. The zero-order chi connectivity index (χ0) is 20.3. The van der Waals surface area contributed by atoms with E-state index in [2.05, 4.69) is 51.0 Å². The molecule has 0 saturated carbocycles. The smallest absolute Gasteiger partial charge is 0.226 e. The van der Waals surface area contributed by atoms with Gasteiger partial charge in [-0.15, -0.1) is 10.2 Å². The number of fused-ring (bicyclic) bond motifs is 1. The Bertz CT molecular complexity index is 1140. The predicted molar refractivity (Wildman–Crippen MR) is 117 cm³/mol. The molecule has 4 aromatic rings. The van der Waals surface area contributed by atoms with Crippen molar-refractivity contribution in [2.45, 2.75) is 25.2 Å². The fourth-order valence-corrected chi connectivity index (χ4v) is 4.26. The number of hydrogen-bond donors (Lipinski definition) is 0. The Morgan fingerprint density at radius 2 is 1.53 bits per heavy atom. The highest BCUT2D eigenvalue weighted by molar-refractivity contribution is 5.79. The van der Waals surface area contributed by atoms with Gasteiger partial charge in [-0.2, -0.15) is 0 Å². The molecule has 0 unspecified atom stereocenters. The number of likely N-dealkylation sites (tertiary alicyclic amines) is 1. The minimum atomic E-state index is 0.201. The van der Waals surface area contributed by atoms with Gasteiger partial charge in [-0.1, -0.05) is 60.7 Å². The number of pyridine rings is 1. The number of carbonyl (C=O) groups is 1. The minimum Gasteiger partial charge on any atom is -0.342 e. The van der Waals surface area contributed by atoms with Gasteiger partial charge in [-0.3, -0.25) is 9.20 Å². The molecule has 1 aliphatic rings. The van der Waals surface area contributed by atoms with Crippen LogP contribution in [-0.2, 0) is 11.2 Å². The van der Waals surface area contributed by atoms with Gasteiger partial charge in [0.05, 0.1) is 6.42 Å². The van der Waals surface area contributed by atoms with Crippen molar-refractivity contribution in [2.24, 2.45) is 0 Å². The zero-order valence-electron chi connectivity index (χ0n) is 16.8. The second kappa shape index (κ2) is 8.11. The van der Waals surface area contributed by atoms with Crippen molar-refractivity contribution in [3.05, 3.63) is 90.4 Å². The molecule has 1 amide bonds. The van der Waals surface area contributed by atoms with Crippen molar-refractivity contribution in [1.82, 2.24) is 19.5 Å². The van der Waals surface area contributed by atoms with Crippen molar-refractivity contribution >= 4 is 11.6 Å². The van der Waals surface area contributed by atoms with Crippen LogP contribution in [0, 0.1) is 0 Å². The molecule has 0 atom stereocenters. The van der Waals surface area contributed by atoms with E-state index in [0.29, 0.717) is 12.3 Å². The summed E-state index contributed by atoms with van der Waals surface area (Å²) in [5.41, 5.74) is 4.31. The Labute approximate surface area is 176 Å². The van der Waals surface area contributed by atoms with E-state index < -0.39 is 0 Å². The fourth-order valence-electron chi connectivity index (χ4n) is 4.26. The van der Waals surface area contributed by atoms with Crippen LogP contribution in [0.25, 0.3) is 16.8 Å².